The molecule has 3 aromatic rings. The zero-order valence-electron chi connectivity index (χ0n) is 19.9. The number of nitrogens with zero attached hydrogens (tertiary/aromatic N) is 4. The van der Waals surface area contributed by atoms with Crippen molar-refractivity contribution in [3.05, 3.63) is 95.6 Å². The predicted octanol–water partition coefficient (Wildman–Crippen LogP) is 5.15. The molecule has 1 fully saturated rings. The number of alkyl halides is 3. The van der Waals surface area contributed by atoms with Crippen molar-refractivity contribution in [1.29, 1.82) is 0 Å². The fourth-order valence-corrected chi connectivity index (χ4v) is 4.78. The second-order valence-electron chi connectivity index (χ2n) is 9.12. The zero-order chi connectivity index (χ0) is 25.3. The quantitative estimate of drug-likeness (QED) is 0.506. The van der Waals surface area contributed by atoms with E-state index in [4.69, 9.17) is 4.99 Å². The molecule has 5 nitrogen and oxygen atoms in total. The van der Waals surface area contributed by atoms with E-state index in [1.165, 1.54) is 12.1 Å². The number of aryl methyl sites for hydroxylation is 1. The molecule has 0 spiro atoms. The lowest BCUT2D eigenvalue weighted by atomic mass is 10.1. The number of benzene rings is 3. The van der Waals surface area contributed by atoms with Gasteiger partial charge < -0.3 is 9.80 Å². The second kappa shape index (κ2) is 9.68. The first-order valence-electron chi connectivity index (χ1n) is 12.0. The number of para-hydroxylation sites is 1. The number of hydrogen-bond donors (Lipinski definition) is 0. The van der Waals surface area contributed by atoms with Gasteiger partial charge in [-0.1, -0.05) is 54.6 Å². The molecule has 1 saturated heterocycles. The highest BCUT2D eigenvalue weighted by atomic mass is 19.4. The fraction of sp³-hybridized carbons (Fsp3) is 0.286. The summed E-state index contributed by atoms with van der Waals surface area (Å²) in [6.45, 7) is 4.11. The Hall–Kier alpha value is -3.81. The van der Waals surface area contributed by atoms with Crippen molar-refractivity contribution < 1.29 is 18.0 Å². The molecule has 0 saturated carbocycles. The van der Waals surface area contributed by atoms with E-state index >= 15 is 0 Å². The first-order valence-corrected chi connectivity index (χ1v) is 12.0. The Morgan fingerprint density at radius 1 is 0.861 bits per heavy atom. The van der Waals surface area contributed by atoms with Crippen LogP contribution in [-0.4, -0.2) is 49.0 Å². The Kier molecular flexibility index (Phi) is 6.43. The van der Waals surface area contributed by atoms with E-state index in [0.717, 1.165) is 22.9 Å². The van der Waals surface area contributed by atoms with E-state index in [9.17, 15) is 18.0 Å². The van der Waals surface area contributed by atoms with Gasteiger partial charge in [0.15, 0.2) is 0 Å². The van der Waals surface area contributed by atoms with Gasteiger partial charge in [-0.15, -0.1) is 0 Å². The Balaban J connectivity index is 1.38. The third kappa shape index (κ3) is 4.80. The van der Waals surface area contributed by atoms with E-state index in [0.29, 0.717) is 44.2 Å². The molecule has 1 amide bonds. The van der Waals surface area contributed by atoms with Crippen LogP contribution in [-0.2, 0) is 17.4 Å². The summed E-state index contributed by atoms with van der Waals surface area (Å²) < 4.78 is 39.6. The Bertz CT molecular complexity index is 1270. The minimum Gasteiger partial charge on any atom is -0.368 e. The predicted molar refractivity (Wildman–Crippen MR) is 135 cm³/mol. The molecule has 1 unspecified atom stereocenters. The number of amides is 1. The number of anilines is 2. The van der Waals surface area contributed by atoms with Crippen LogP contribution in [0.3, 0.4) is 0 Å². The van der Waals surface area contributed by atoms with Crippen molar-refractivity contribution in [2.24, 2.45) is 4.99 Å². The SMILES string of the molecule is Cc1ccccc1N1C(=O)C(Cc2ccccc2)N=C1N1CCN(c2cccc(C(F)(F)F)c2)CC1. The lowest BCUT2D eigenvalue weighted by Crippen LogP contribution is -2.53. The van der Waals surface area contributed by atoms with E-state index in [2.05, 4.69) is 4.90 Å². The van der Waals surface area contributed by atoms with Gasteiger partial charge >= 0.3 is 6.18 Å². The largest absolute Gasteiger partial charge is 0.416 e. The standard InChI is InChI=1S/C28H27F3N4O/c1-20-8-5-6-13-25(20)35-26(36)24(18-21-9-3-2-4-10-21)32-27(35)34-16-14-33(15-17-34)23-12-7-11-22(19-23)28(29,30)31/h2-13,19,24H,14-18H2,1H3. The molecule has 0 aromatic heterocycles. The van der Waals surface area contributed by atoms with Crippen molar-refractivity contribution >= 4 is 23.2 Å². The smallest absolute Gasteiger partial charge is 0.368 e. The summed E-state index contributed by atoms with van der Waals surface area (Å²) in [6.07, 6.45) is -3.87. The minimum atomic E-state index is -4.38. The van der Waals surface area contributed by atoms with E-state index in [-0.39, 0.29) is 5.91 Å². The molecule has 3 aromatic carbocycles. The highest BCUT2D eigenvalue weighted by Crippen LogP contribution is 2.32. The fourth-order valence-electron chi connectivity index (χ4n) is 4.78. The second-order valence-corrected chi connectivity index (χ2v) is 9.12. The van der Waals surface area contributed by atoms with Crippen molar-refractivity contribution in [2.75, 3.05) is 36.0 Å². The van der Waals surface area contributed by atoms with Gasteiger partial charge in [-0.2, -0.15) is 13.2 Å². The number of aliphatic imine (C=N–C) groups is 1. The summed E-state index contributed by atoms with van der Waals surface area (Å²) in [4.78, 5) is 24.2. The van der Waals surface area contributed by atoms with Crippen LogP contribution in [0.25, 0.3) is 0 Å². The van der Waals surface area contributed by atoms with Crippen LogP contribution in [0.5, 0.6) is 0 Å². The van der Waals surface area contributed by atoms with Gasteiger partial charge in [-0.25, -0.2) is 9.89 Å². The Morgan fingerprint density at radius 3 is 2.22 bits per heavy atom. The number of guanidine groups is 1. The van der Waals surface area contributed by atoms with E-state index in [1.54, 1.807) is 11.0 Å². The third-order valence-electron chi connectivity index (χ3n) is 6.71. The van der Waals surface area contributed by atoms with Crippen LogP contribution in [0.4, 0.5) is 24.5 Å². The number of hydrogen-bond acceptors (Lipinski definition) is 4. The molecule has 1 atom stereocenters. The average Bonchev–Trinajstić information content (AvgIpc) is 3.20. The summed E-state index contributed by atoms with van der Waals surface area (Å²) in [7, 11) is 0. The summed E-state index contributed by atoms with van der Waals surface area (Å²) in [5.41, 5.74) is 2.72. The summed E-state index contributed by atoms with van der Waals surface area (Å²) >= 11 is 0. The number of carbonyl (C=O) groups excluding carboxylic acids is 1. The van der Waals surface area contributed by atoms with Gasteiger partial charge in [0.05, 0.1) is 11.3 Å². The first kappa shape index (κ1) is 23.9. The highest BCUT2D eigenvalue weighted by Gasteiger charge is 2.39. The summed E-state index contributed by atoms with van der Waals surface area (Å²) in [5.74, 6) is 0.544. The molecule has 36 heavy (non-hydrogen) atoms. The van der Waals surface area contributed by atoms with E-state index < -0.39 is 17.8 Å². The number of rotatable bonds is 4. The lowest BCUT2D eigenvalue weighted by Gasteiger charge is -2.39. The highest BCUT2D eigenvalue weighted by molar-refractivity contribution is 6.22. The van der Waals surface area contributed by atoms with Crippen molar-refractivity contribution in [3.8, 4) is 0 Å². The van der Waals surface area contributed by atoms with E-state index in [1.807, 2.05) is 66.4 Å². The van der Waals surface area contributed by atoms with Crippen LogP contribution >= 0.6 is 0 Å². The third-order valence-corrected chi connectivity index (χ3v) is 6.71. The molecule has 0 N–H and O–H groups in total. The molecule has 186 valence electrons. The van der Waals surface area contributed by atoms with Gasteiger partial charge in [-0.05, 0) is 42.3 Å². The zero-order valence-corrected chi connectivity index (χ0v) is 19.9. The van der Waals surface area contributed by atoms with Crippen LogP contribution in [0, 0.1) is 6.92 Å². The molecular weight excluding hydrogens is 465 g/mol. The van der Waals surface area contributed by atoms with Gasteiger partial charge in [-0.3, -0.25) is 4.79 Å². The monoisotopic (exact) mass is 492 g/mol. The van der Waals surface area contributed by atoms with Gasteiger partial charge in [0.1, 0.15) is 6.04 Å². The van der Waals surface area contributed by atoms with Crippen LogP contribution in [0.15, 0.2) is 83.9 Å². The molecular formula is C28H27F3N4O. The van der Waals surface area contributed by atoms with Crippen LogP contribution in [0.1, 0.15) is 16.7 Å². The molecule has 8 heteroatoms. The summed E-state index contributed by atoms with van der Waals surface area (Å²) in [5, 5.41) is 0. The van der Waals surface area contributed by atoms with Gasteiger partial charge in [0.2, 0.25) is 5.96 Å². The Labute approximate surface area is 208 Å². The van der Waals surface area contributed by atoms with Crippen LogP contribution < -0.4 is 9.80 Å². The van der Waals surface area contributed by atoms with Gasteiger partial charge in [0, 0.05) is 38.3 Å². The maximum atomic E-state index is 13.6. The van der Waals surface area contributed by atoms with Gasteiger partial charge in [0.25, 0.3) is 5.91 Å². The maximum Gasteiger partial charge on any atom is 0.416 e. The topological polar surface area (TPSA) is 39.2 Å². The Morgan fingerprint density at radius 2 is 1.53 bits per heavy atom. The molecule has 2 heterocycles. The molecule has 2 aliphatic rings. The average molecular weight is 493 g/mol. The number of carbonyl (C=O) groups is 1. The van der Waals surface area contributed by atoms with Crippen molar-refractivity contribution in [3.63, 3.8) is 0 Å². The summed E-state index contributed by atoms with van der Waals surface area (Å²) in [6, 6.07) is 22.5. The molecule has 2 aliphatic heterocycles. The van der Waals surface area contributed by atoms with Crippen molar-refractivity contribution in [1.82, 2.24) is 4.90 Å². The molecule has 0 bridgehead atoms. The minimum absolute atomic E-state index is 0.0662. The molecule has 5 rings (SSSR count). The number of halogens is 3. The first-order chi connectivity index (χ1) is 17.3. The lowest BCUT2D eigenvalue weighted by molar-refractivity contribution is -0.137. The van der Waals surface area contributed by atoms with Crippen molar-refractivity contribution in [2.45, 2.75) is 25.6 Å². The van der Waals surface area contributed by atoms with Crippen LogP contribution in [0.2, 0.25) is 0 Å². The number of piperazine rings is 1. The molecule has 0 aliphatic carbocycles. The normalized spacial score (nSPS) is 18.6. The molecule has 0 radical (unpaired) electrons. The maximum absolute atomic E-state index is 13.6.